The predicted molar refractivity (Wildman–Crippen MR) is 67.5 cm³/mol. The predicted octanol–water partition coefficient (Wildman–Crippen LogP) is 2.50. The van der Waals surface area contributed by atoms with Crippen molar-refractivity contribution in [2.45, 2.75) is 32.4 Å². The van der Waals surface area contributed by atoms with Crippen molar-refractivity contribution in [2.75, 3.05) is 5.75 Å². The number of hydrogen-bond acceptors (Lipinski definition) is 4. The van der Waals surface area contributed by atoms with E-state index in [1.807, 2.05) is 23.5 Å². The fourth-order valence-electron chi connectivity index (χ4n) is 1.35. The van der Waals surface area contributed by atoms with Crippen LogP contribution in [-0.4, -0.2) is 21.4 Å². The van der Waals surface area contributed by atoms with Crippen LogP contribution in [0.2, 0.25) is 0 Å². The molecule has 0 amide bonds. The Morgan fingerprint density at radius 2 is 2.47 bits per heavy atom. The maximum atomic E-state index is 4.56. The van der Waals surface area contributed by atoms with Crippen molar-refractivity contribution in [3.05, 3.63) is 16.6 Å². The second-order valence-electron chi connectivity index (χ2n) is 4.20. The molecular formula is C10H15N3S2. The minimum Gasteiger partial charge on any atom is -0.360 e. The van der Waals surface area contributed by atoms with Crippen LogP contribution in [-0.2, 0) is 6.54 Å². The van der Waals surface area contributed by atoms with E-state index in [0.717, 1.165) is 17.5 Å². The number of thiazole rings is 1. The number of amidine groups is 1. The van der Waals surface area contributed by atoms with Gasteiger partial charge in [0, 0.05) is 22.4 Å². The quantitative estimate of drug-likeness (QED) is 0.864. The fourth-order valence-corrected chi connectivity index (χ4v) is 3.17. The zero-order valence-corrected chi connectivity index (χ0v) is 10.6. The van der Waals surface area contributed by atoms with Crippen LogP contribution in [0.25, 0.3) is 0 Å². The van der Waals surface area contributed by atoms with Gasteiger partial charge in [-0.3, -0.25) is 9.98 Å². The van der Waals surface area contributed by atoms with Gasteiger partial charge in [0.1, 0.15) is 0 Å². The molecule has 82 valence electrons. The molecule has 0 saturated carbocycles. The summed E-state index contributed by atoms with van der Waals surface area (Å²) in [6.45, 7) is 5.18. The number of nitrogens with one attached hydrogen (secondary N) is 1. The Morgan fingerprint density at radius 3 is 3.13 bits per heavy atom. The molecule has 0 radical (unpaired) electrons. The summed E-state index contributed by atoms with van der Waals surface area (Å²) >= 11 is 3.47. The zero-order chi connectivity index (χ0) is 10.7. The molecule has 0 spiro atoms. The molecule has 2 heterocycles. The van der Waals surface area contributed by atoms with Crippen LogP contribution in [0.1, 0.15) is 25.1 Å². The van der Waals surface area contributed by atoms with Crippen molar-refractivity contribution in [1.29, 1.82) is 0 Å². The topological polar surface area (TPSA) is 37.3 Å². The fraction of sp³-hybridized carbons (Fsp3) is 0.600. The van der Waals surface area contributed by atoms with Crippen LogP contribution in [0.3, 0.4) is 0 Å². The van der Waals surface area contributed by atoms with E-state index in [-0.39, 0.29) is 5.54 Å². The number of rotatable bonds is 2. The third-order valence-electron chi connectivity index (χ3n) is 2.27. The van der Waals surface area contributed by atoms with Crippen LogP contribution in [0.4, 0.5) is 0 Å². The monoisotopic (exact) mass is 241 g/mol. The van der Waals surface area contributed by atoms with E-state index in [9.17, 15) is 0 Å². The van der Waals surface area contributed by atoms with Gasteiger partial charge in [-0.25, -0.2) is 0 Å². The van der Waals surface area contributed by atoms with Gasteiger partial charge >= 0.3 is 0 Å². The maximum absolute atomic E-state index is 4.56. The van der Waals surface area contributed by atoms with Crippen molar-refractivity contribution in [2.24, 2.45) is 4.99 Å². The third-order valence-corrected chi connectivity index (χ3v) is 3.95. The zero-order valence-electron chi connectivity index (χ0n) is 8.99. The number of hydrogen-bond donors (Lipinski definition) is 1. The van der Waals surface area contributed by atoms with E-state index < -0.39 is 0 Å². The highest BCUT2D eigenvalue weighted by molar-refractivity contribution is 8.13. The smallest absolute Gasteiger partial charge is 0.157 e. The Balaban J connectivity index is 1.95. The second kappa shape index (κ2) is 4.53. The Labute approximate surface area is 98.4 Å². The molecule has 1 aliphatic rings. The first-order chi connectivity index (χ1) is 7.16. The number of nitrogens with zero attached hydrogens (tertiary/aromatic N) is 2. The molecule has 1 aromatic heterocycles. The SMILES string of the molecule is CC1(C)CCSC(=NCc2cncs2)N1. The van der Waals surface area contributed by atoms with Gasteiger partial charge in [-0.15, -0.1) is 11.3 Å². The van der Waals surface area contributed by atoms with Gasteiger partial charge < -0.3 is 5.32 Å². The Hall–Kier alpha value is -0.550. The van der Waals surface area contributed by atoms with Crippen LogP contribution < -0.4 is 5.32 Å². The van der Waals surface area contributed by atoms with E-state index in [1.165, 1.54) is 11.3 Å². The molecule has 3 nitrogen and oxygen atoms in total. The van der Waals surface area contributed by atoms with E-state index in [1.54, 1.807) is 11.3 Å². The molecule has 1 N–H and O–H groups in total. The van der Waals surface area contributed by atoms with Crippen molar-refractivity contribution < 1.29 is 0 Å². The first-order valence-corrected chi connectivity index (χ1v) is 6.85. The average Bonchev–Trinajstić information content (AvgIpc) is 2.65. The van der Waals surface area contributed by atoms with E-state index in [0.29, 0.717) is 0 Å². The largest absolute Gasteiger partial charge is 0.360 e. The normalized spacial score (nSPS) is 22.7. The van der Waals surface area contributed by atoms with Gasteiger partial charge in [0.05, 0.1) is 12.1 Å². The first-order valence-electron chi connectivity index (χ1n) is 4.98. The molecule has 0 atom stereocenters. The first kappa shape index (κ1) is 11.0. The van der Waals surface area contributed by atoms with Crippen molar-refractivity contribution >= 4 is 28.3 Å². The van der Waals surface area contributed by atoms with Crippen LogP contribution in [0.5, 0.6) is 0 Å². The highest BCUT2D eigenvalue weighted by atomic mass is 32.2. The second-order valence-corrected chi connectivity index (χ2v) is 6.25. The molecule has 0 aliphatic carbocycles. The molecule has 0 aromatic carbocycles. The average molecular weight is 241 g/mol. The summed E-state index contributed by atoms with van der Waals surface area (Å²) in [6, 6.07) is 0. The van der Waals surface area contributed by atoms with Crippen LogP contribution in [0, 0.1) is 0 Å². The lowest BCUT2D eigenvalue weighted by Gasteiger charge is -2.32. The van der Waals surface area contributed by atoms with E-state index in [2.05, 4.69) is 29.1 Å². The molecule has 1 saturated heterocycles. The lowest BCUT2D eigenvalue weighted by Crippen LogP contribution is -2.46. The number of thioether (sulfide) groups is 1. The molecule has 15 heavy (non-hydrogen) atoms. The lowest BCUT2D eigenvalue weighted by atomic mass is 10.0. The molecular weight excluding hydrogens is 226 g/mol. The molecule has 0 bridgehead atoms. The van der Waals surface area contributed by atoms with Gasteiger partial charge in [-0.2, -0.15) is 0 Å². The Morgan fingerprint density at radius 1 is 1.60 bits per heavy atom. The standard InChI is InChI=1S/C10H15N3S2/c1-10(2)3-4-14-9(13-10)12-6-8-5-11-7-15-8/h5,7H,3-4,6H2,1-2H3,(H,12,13). The summed E-state index contributed by atoms with van der Waals surface area (Å²) in [4.78, 5) is 9.81. The van der Waals surface area contributed by atoms with Crippen molar-refractivity contribution in [3.63, 3.8) is 0 Å². The minimum atomic E-state index is 0.192. The van der Waals surface area contributed by atoms with Gasteiger partial charge in [0.15, 0.2) is 5.17 Å². The molecule has 2 rings (SSSR count). The van der Waals surface area contributed by atoms with Gasteiger partial charge in [0.25, 0.3) is 0 Å². The lowest BCUT2D eigenvalue weighted by molar-refractivity contribution is 0.446. The molecule has 1 fully saturated rings. The molecule has 1 aromatic rings. The molecule has 5 heteroatoms. The Kier molecular flexibility index (Phi) is 3.31. The molecule has 0 unspecified atom stereocenters. The third kappa shape index (κ3) is 3.21. The highest BCUT2D eigenvalue weighted by Gasteiger charge is 2.23. The summed E-state index contributed by atoms with van der Waals surface area (Å²) in [6.07, 6.45) is 3.07. The summed E-state index contributed by atoms with van der Waals surface area (Å²) in [5.41, 5.74) is 2.04. The van der Waals surface area contributed by atoms with Crippen molar-refractivity contribution in [1.82, 2.24) is 10.3 Å². The summed E-state index contributed by atoms with van der Waals surface area (Å²) in [5, 5.41) is 4.52. The van der Waals surface area contributed by atoms with Crippen LogP contribution in [0.15, 0.2) is 16.7 Å². The summed E-state index contributed by atoms with van der Waals surface area (Å²) in [7, 11) is 0. The Bertz CT molecular complexity index is 344. The van der Waals surface area contributed by atoms with Gasteiger partial charge in [0.2, 0.25) is 0 Å². The minimum absolute atomic E-state index is 0.192. The van der Waals surface area contributed by atoms with Gasteiger partial charge in [-0.05, 0) is 20.3 Å². The van der Waals surface area contributed by atoms with Crippen LogP contribution >= 0.6 is 23.1 Å². The highest BCUT2D eigenvalue weighted by Crippen LogP contribution is 2.22. The van der Waals surface area contributed by atoms with E-state index >= 15 is 0 Å². The number of aromatic nitrogens is 1. The van der Waals surface area contributed by atoms with Crippen molar-refractivity contribution in [3.8, 4) is 0 Å². The van der Waals surface area contributed by atoms with Gasteiger partial charge in [-0.1, -0.05) is 11.8 Å². The summed E-state index contributed by atoms with van der Waals surface area (Å²) in [5.74, 6) is 1.15. The maximum Gasteiger partial charge on any atom is 0.157 e. The molecule has 1 aliphatic heterocycles. The number of aliphatic imine (C=N–C) groups is 1. The van der Waals surface area contributed by atoms with E-state index in [4.69, 9.17) is 0 Å². The summed E-state index contributed by atoms with van der Waals surface area (Å²) < 4.78 is 0.